The highest BCUT2D eigenvalue weighted by atomic mass is 19.3. The minimum atomic E-state index is -2.47. The van der Waals surface area contributed by atoms with Crippen molar-refractivity contribution in [3.05, 3.63) is 35.6 Å². The van der Waals surface area contributed by atoms with Gasteiger partial charge in [0.2, 0.25) is 5.92 Å². The fourth-order valence-corrected chi connectivity index (χ4v) is 2.36. The van der Waals surface area contributed by atoms with Gasteiger partial charge < -0.3 is 5.32 Å². The Hall–Kier alpha value is -1.03. The summed E-state index contributed by atoms with van der Waals surface area (Å²) in [5.74, 6) is -2.40. The third-order valence-corrected chi connectivity index (χ3v) is 3.54. The molecule has 1 nitrogen and oxygen atoms in total. The van der Waals surface area contributed by atoms with Crippen molar-refractivity contribution < 1.29 is 13.2 Å². The van der Waals surface area contributed by atoms with E-state index in [0.717, 1.165) is 0 Å². The fourth-order valence-electron chi connectivity index (χ4n) is 2.36. The molecule has 0 saturated heterocycles. The molecule has 0 radical (unpaired) electrons. The van der Waals surface area contributed by atoms with Crippen molar-refractivity contribution in [3.8, 4) is 0 Å². The van der Waals surface area contributed by atoms with Gasteiger partial charge in [-0.05, 0) is 31.4 Å². The lowest BCUT2D eigenvalue weighted by Crippen LogP contribution is -2.30. The van der Waals surface area contributed by atoms with Crippen LogP contribution in [0.5, 0.6) is 0 Å². The van der Waals surface area contributed by atoms with Crippen LogP contribution in [0, 0.1) is 11.7 Å². The van der Waals surface area contributed by atoms with Crippen molar-refractivity contribution in [3.63, 3.8) is 0 Å². The minimum Gasteiger partial charge on any atom is -0.312 e. The zero-order valence-corrected chi connectivity index (χ0v) is 10.3. The maximum atomic E-state index is 13.3. The van der Waals surface area contributed by atoms with E-state index in [9.17, 15) is 13.2 Å². The van der Waals surface area contributed by atoms with Crippen LogP contribution in [-0.4, -0.2) is 12.5 Å². The molecule has 0 aliphatic heterocycles. The largest absolute Gasteiger partial charge is 0.312 e. The Morgan fingerprint density at radius 2 is 1.83 bits per heavy atom. The lowest BCUT2D eigenvalue weighted by molar-refractivity contribution is -0.0455. The Balaban J connectivity index is 1.72. The van der Waals surface area contributed by atoms with Crippen LogP contribution in [0.25, 0.3) is 0 Å². The molecule has 1 aromatic carbocycles. The Kier molecular flexibility index (Phi) is 4.27. The fraction of sp³-hybridized carbons (Fsp3) is 0.571. The van der Waals surface area contributed by atoms with Crippen LogP contribution in [0.3, 0.4) is 0 Å². The predicted octanol–water partition coefficient (Wildman–Crippen LogP) is 3.74. The maximum Gasteiger partial charge on any atom is 0.248 e. The third-order valence-electron chi connectivity index (χ3n) is 3.54. The molecule has 4 heteroatoms. The van der Waals surface area contributed by atoms with E-state index in [1.165, 1.54) is 6.07 Å². The predicted molar refractivity (Wildman–Crippen MR) is 65.0 cm³/mol. The smallest absolute Gasteiger partial charge is 0.248 e. The first-order valence-electron chi connectivity index (χ1n) is 6.39. The highest BCUT2D eigenvalue weighted by Crippen LogP contribution is 2.35. The van der Waals surface area contributed by atoms with Crippen molar-refractivity contribution in [2.24, 2.45) is 5.92 Å². The first-order valence-corrected chi connectivity index (χ1v) is 6.39. The van der Waals surface area contributed by atoms with Crippen molar-refractivity contribution in [1.82, 2.24) is 5.32 Å². The summed E-state index contributed by atoms with van der Waals surface area (Å²) in [6.45, 7) is 1.14. The molecule has 18 heavy (non-hydrogen) atoms. The maximum absolute atomic E-state index is 13.3. The first kappa shape index (κ1) is 13.4. The standard InChI is InChI=1S/C14H18F3N/c15-13-4-2-1-3-12(13)10-18-9-11-5-7-14(16,17)8-6-11/h1-4,11,18H,5-10H2. The van der Waals surface area contributed by atoms with E-state index in [2.05, 4.69) is 5.32 Å². The average molecular weight is 257 g/mol. The second-order valence-corrected chi connectivity index (χ2v) is 5.02. The molecule has 2 rings (SSSR count). The molecule has 0 heterocycles. The molecule has 1 aliphatic rings. The molecule has 0 unspecified atom stereocenters. The molecule has 1 aliphatic carbocycles. The number of nitrogens with one attached hydrogen (secondary N) is 1. The minimum absolute atomic E-state index is 0.0148. The number of benzene rings is 1. The van der Waals surface area contributed by atoms with Gasteiger partial charge in [-0.15, -0.1) is 0 Å². The van der Waals surface area contributed by atoms with Crippen LogP contribution in [0.15, 0.2) is 24.3 Å². The van der Waals surface area contributed by atoms with Crippen LogP contribution in [0.4, 0.5) is 13.2 Å². The molecule has 0 bridgehead atoms. The third kappa shape index (κ3) is 3.73. The molecular formula is C14H18F3N. The molecule has 0 aromatic heterocycles. The summed E-state index contributed by atoms with van der Waals surface area (Å²) in [5.41, 5.74) is 0.624. The van der Waals surface area contributed by atoms with Gasteiger partial charge in [-0.3, -0.25) is 0 Å². The second-order valence-electron chi connectivity index (χ2n) is 5.02. The summed E-state index contributed by atoms with van der Waals surface area (Å²) in [7, 11) is 0. The Labute approximate surface area is 105 Å². The molecule has 100 valence electrons. The average Bonchev–Trinajstić information content (AvgIpc) is 2.34. The molecular weight excluding hydrogens is 239 g/mol. The zero-order chi connectivity index (χ0) is 13.0. The Morgan fingerprint density at radius 3 is 2.50 bits per heavy atom. The van der Waals surface area contributed by atoms with E-state index in [1.807, 2.05) is 0 Å². The van der Waals surface area contributed by atoms with Gasteiger partial charge in [0.15, 0.2) is 0 Å². The number of hydrogen-bond acceptors (Lipinski definition) is 1. The molecule has 0 spiro atoms. The lowest BCUT2D eigenvalue weighted by Gasteiger charge is -2.28. The van der Waals surface area contributed by atoms with Crippen molar-refractivity contribution in [2.45, 2.75) is 38.2 Å². The van der Waals surface area contributed by atoms with Gasteiger partial charge in [0.1, 0.15) is 5.82 Å². The normalized spacial score (nSPS) is 19.9. The molecule has 1 saturated carbocycles. The van der Waals surface area contributed by atoms with Crippen molar-refractivity contribution in [2.75, 3.05) is 6.54 Å². The molecule has 1 fully saturated rings. The lowest BCUT2D eigenvalue weighted by atomic mass is 9.87. The topological polar surface area (TPSA) is 12.0 Å². The van der Waals surface area contributed by atoms with Crippen LogP contribution < -0.4 is 5.32 Å². The van der Waals surface area contributed by atoms with Gasteiger partial charge in [-0.25, -0.2) is 13.2 Å². The molecule has 0 amide bonds. The van der Waals surface area contributed by atoms with E-state index in [0.29, 0.717) is 31.5 Å². The van der Waals surface area contributed by atoms with Gasteiger partial charge in [0, 0.05) is 24.9 Å². The summed E-state index contributed by atoms with van der Waals surface area (Å²) in [6, 6.07) is 6.61. The van der Waals surface area contributed by atoms with Crippen molar-refractivity contribution >= 4 is 0 Å². The highest BCUT2D eigenvalue weighted by Gasteiger charge is 2.34. The summed E-state index contributed by atoms with van der Waals surface area (Å²) >= 11 is 0. The number of halogens is 3. The quantitative estimate of drug-likeness (QED) is 0.866. The van der Waals surface area contributed by atoms with E-state index in [4.69, 9.17) is 0 Å². The van der Waals surface area contributed by atoms with Gasteiger partial charge in [-0.2, -0.15) is 0 Å². The monoisotopic (exact) mass is 257 g/mol. The van der Waals surface area contributed by atoms with Crippen LogP contribution in [-0.2, 0) is 6.54 Å². The van der Waals surface area contributed by atoms with Crippen LogP contribution in [0.2, 0.25) is 0 Å². The Bertz CT molecular complexity index is 382. The van der Waals surface area contributed by atoms with Crippen molar-refractivity contribution in [1.29, 1.82) is 0 Å². The molecule has 1 N–H and O–H groups in total. The second kappa shape index (κ2) is 5.74. The summed E-state index contributed by atoms with van der Waals surface area (Å²) < 4.78 is 39.2. The Morgan fingerprint density at radius 1 is 1.17 bits per heavy atom. The van der Waals surface area contributed by atoms with E-state index in [-0.39, 0.29) is 24.6 Å². The summed E-state index contributed by atoms with van der Waals surface area (Å²) in [5, 5.41) is 3.15. The molecule has 1 aromatic rings. The van der Waals surface area contributed by atoms with Gasteiger partial charge in [0.05, 0.1) is 0 Å². The van der Waals surface area contributed by atoms with E-state index >= 15 is 0 Å². The van der Waals surface area contributed by atoms with Gasteiger partial charge in [0.25, 0.3) is 0 Å². The first-order chi connectivity index (χ1) is 8.57. The summed E-state index contributed by atoms with van der Waals surface area (Å²) in [6.07, 6.45) is 1.08. The number of rotatable bonds is 4. The number of alkyl halides is 2. The van der Waals surface area contributed by atoms with E-state index in [1.54, 1.807) is 18.2 Å². The highest BCUT2D eigenvalue weighted by molar-refractivity contribution is 5.16. The van der Waals surface area contributed by atoms with E-state index < -0.39 is 5.92 Å². The summed E-state index contributed by atoms with van der Waals surface area (Å²) in [4.78, 5) is 0. The zero-order valence-electron chi connectivity index (χ0n) is 10.3. The van der Waals surface area contributed by atoms with Crippen LogP contribution >= 0.6 is 0 Å². The number of hydrogen-bond donors (Lipinski definition) is 1. The van der Waals surface area contributed by atoms with Gasteiger partial charge in [-0.1, -0.05) is 18.2 Å². The molecule has 0 atom stereocenters. The van der Waals surface area contributed by atoms with Crippen LogP contribution in [0.1, 0.15) is 31.2 Å². The van der Waals surface area contributed by atoms with Gasteiger partial charge >= 0.3 is 0 Å². The SMILES string of the molecule is Fc1ccccc1CNCC1CCC(F)(F)CC1.